The van der Waals surface area contributed by atoms with Crippen LogP contribution in [-0.2, 0) is 0 Å². The summed E-state index contributed by atoms with van der Waals surface area (Å²) < 4.78 is 0. The van der Waals surface area contributed by atoms with Gasteiger partial charge in [0.15, 0.2) is 0 Å². The van der Waals surface area contributed by atoms with Crippen molar-refractivity contribution in [3.63, 3.8) is 0 Å². The Balaban J connectivity index is 0.000000807. The van der Waals surface area contributed by atoms with E-state index in [1.807, 2.05) is 12.4 Å². The molecule has 0 amide bonds. The van der Waals surface area contributed by atoms with E-state index in [4.69, 9.17) is 0 Å². The Bertz CT molecular complexity index is 591. The van der Waals surface area contributed by atoms with Gasteiger partial charge in [-0.25, -0.2) is 0 Å². The summed E-state index contributed by atoms with van der Waals surface area (Å²) in [5.74, 6) is 0. The number of rotatable bonds is 2. The van der Waals surface area contributed by atoms with Crippen molar-refractivity contribution in [2.24, 2.45) is 0 Å². The molecule has 0 spiro atoms. The number of fused-ring (bicyclic) bond motifs is 2. The van der Waals surface area contributed by atoms with Gasteiger partial charge >= 0.3 is 0 Å². The number of hydrogen-bond donors (Lipinski definition) is 1. The molecule has 2 aliphatic rings. The second-order valence-electron chi connectivity index (χ2n) is 5.41. The van der Waals surface area contributed by atoms with Gasteiger partial charge in [-0.2, -0.15) is 0 Å². The minimum Gasteiger partial charge on any atom is -0.364 e. The van der Waals surface area contributed by atoms with Gasteiger partial charge in [-0.05, 0) is 18.1 Å². The van der Waals surface area contributed by atoms with Crippen LogP contribution in [0.25, 0.3) is 11.1 Å². The molecule has 21 heavy (non-hydrogen) atoms. The molecular weight excluding hydrogens is 305 g/mol. The highest BCUT2D eigenvalue weighted by atomic mass is 35.5. The molecule has 0 aliphatic carbocycles. The third kappa shape index (κ3) is 2.86. The molecule has 1 aromatic carbocycles. The van der Waals surface area contributed by atoms with Gasteiger partial charge in [-0.1, -0.05) is 30.3 Å². The van der Waals surface area contributed by atoms with E-state index < -0.39 is 0 Å². The van der Waals surface area contributed by atoms with Crippen LogP contribution in [-0.4, -0.2) is 30.2 Å². The Morgan fingerprint density at radius 3 is 2.57 bits per heavy atom. The topological polar surface area (TPSA) is 28.2 Å². The average molecular weight is 324 g/mol. The first-order valence-corrected chi connectivity index (χ1v) is 6.91. The second kappa shape index (κ2) is 6.65. The zero-order valence-electron chi connectivity index (χ0n) is 11.6. The molecule has 4 rings (SSSR count). The van der Waals surface area contributed by atoms with Crippen LogP contribution >= 0.6 is 24.8 Å². The van der Waals surface area contributed by atoms with Crippen molar-refractivity contribution in [1.82, 2.24) is 10.3 Å². The van der Waals surface area contributed by atoms with Crippen molar-refractivity contribution >= 4 is 30.5 Å². The molecule has 2 aliphatic heterocycles. The highest BCUT2D eigenvalue weighted by molar-refractivity contribution is 5.85. The Morgan fingerprint density at radius 1 is 1.10 bits per heavy atom. The molecule has 3 nitrogen and oxygen atoms in total. The van der Waals surface area contributed by atoms with E-state index in [9.17, 15) is 0 Å². The van der Waals surface area contributed by atoms with Crippen molar-refractivity contribution < 1.29 is 0 Å². The number of hydrogen-bond acceptors (Lipinski definition) is 3. The molecule has 0 unspecified atom stereocenters. The van der Waals surface area contributed by atoms with Crippen molar-refractivity contribution in [2.75, 3.05) is 18.0 Å². The lowest BCUT2D eigenvalue weighted by molar-refractivity contribution is 0.580. The van der Waals surface area contributed by atoms with Crippen LogP contribution < -0.4 is 10.2 Å². The summed E-state index contributed by atoms with van der Waals surface area (Å²) in [4.78, 5) is 6.86. The molecular formula is C16H19Cl2N3. The second-order valence-corrected chi connectivity index (χ2v) is 5.41. The van der Waals surface area contributed by atoms with Gasteiger partial charge in [0.25, 0.3) is 0 Å². The Kier molecular flexibility index (Phi) is 5.09. The fraction of sp³-hybridized carbons (Fsp3) is 0.312. The van der Waals surface area contributed by atoms with Crippen molar-refractivity contribution in [3.8, 4) is 11.1 Å². The number of pyridine rings is 1. The van der Waals surface area contributed by atoms with Crippen LogP contribution in [0.4, 0.5) is 5.69 Å². The highest BCUT2D eigenvalue weighted by Crippen LogP contribution is 2.35. The summed E-state index contributed by atoms with van der Waals surface area (Å²) in [7, 11) is 0. The van der Waals surface area contributed by atoms with Gasteiger partial charge < -0.3 is 10.2 Å². The number of halogens is 2. The third-order valence-electron chi connectivity index (χ3n) is 4.25. The molecule has 5 heteroatoms. The Morgan fingerprint density at radius 2 is 1.90 bits per heavy atom. The van der Waals surface area contributed by atoms with Gasteiger partial charge in [0.1, 0.15) is 0 Å². The molecule has 1 N–H and O–H groups in total. The van der Waals surface area contributed by atoms with Gasteiger partial charge in [0.05, 0.1) is 11.9 Å². The van der Waals surface area contributed by atoms with Gasteiger partial charge in [-0.15, -0.1) is 24.8 Å². The van der Waals surface area contributed by atoms with Crippen LogP contribution in [0.15, 0.2) is 48.8 Å². The molecule has 2 bridgehead atoms. The molecule has 112 valence electrons. The van der Waals surface area contributed by atoms with Crippen molar-refractivity contribution in [3.05, 3.63) is 48.8 Å². The molecule has 2 saturated heterocycles. The summed E-state index contributed by atoms with van der Waals surface area (Å²) in [5, 5.41) is 3.55. The smallest absolute Gasteiger partial charge is 0.0635 e. The van der Waals surface area contributed by atoms with Crippen LogP contribution in [0.3, 0.4) is 0 Å². The maximum absolute atomic E-state index is 4.34. The summed E-state index contributed by atoms with van der Waals surface area (Å²) in [6.45, 7) is 2.21. The normalized spacial score (nSPS) is 22.6. The predicted octanol–water partition coefficient (Wildman–Crippen LogP) is 3.14. The number of nitrogens with zero attached hydrogens (tertiary/aromatic N) is 2. The van der Waals surface area contributed by atoms with Crippen molar-refractivity contribution in [1.29, 1.82) is 0 Å². The minimum absolute atomic E-state index is 0. The molecule has 3 heterocycles. The lowest BCUT2D eigenvalue weighted by atomic mass is 10.0. The van der Waals surface area contributed by atoms with Gasteiger partial charge in [0, 0.05) is 36.9 Å². The molecule has 1 aromatic heterocycles. The summed E-state index contributed by atoms with van der Waals surface area (Å²) in [6.07, 6.45) is 5.17. The predicted molar refractivity (Wildman–Crippen MR) is 91.7 cm³/mol. The molecule has 2 atom stereocenters. The van der Waals surface area contributed by atoms with E-state index in [1.165, 1.54) is 23.2 Å². The first-order valence-electron chi connectivity index (χ1n) is 6.91. The van der Waals surface area contributed by atoms with E-state index in [0.29, 0.717) is 12.1 Å². The number of nitrogens with one attached hydrogen (secondary N) is 1. The zero-order chi connectivity index (χ0) is 12.7. The Labute approximate surface area is 137 Å². The van der Waals surface area contributed by atoms with E-state index in [-0.39, 0.29) is 24.8 Å². The van der Waals surface area contributed by atoms with Gasteiger partial charge in [-0.3, -0.25) is 4.98 Å². The summed E-state index contributed by atoms with van der Waals surface area (Å²) in [5.41, 5.74) is 3.85. The lowest BCUT2D eigenvalue weighted by Gasteiger charge is -2.31. The van der Waals surface area contributed by atoms with Crippen molar-refractivity contribution in [2.45, 2.75) is 18.5 Å². The van der Waals surface area contributed by atoms with E-state index >= 15 is 0 Å². The largest absolute Gasteiger partial charge is 0.364 e. The van der Waals surface area contributed by atoms with E-state index in [0.717, 1.165) is 13.1 Å². The van der Waals surface area contributed by atoms with Gasteiger partial charge in [0.2, 0.25) is 0 Å². The van der Waals surface area contributed by atoms with Crippen LogP contribution in [0, 0.1) is 0 Å². The monoisotopic (exact) mass is 323 g/mol. The number of benzene rings is 1. The standard InChI is InChI=1S/C16H17N3.2ClH/c1-2-4-12(5-3-1)15-6-7-17-10-16(15)19-11-13-8-14(19)9-18-13;;/h1-7,10,13-14,18H,8-9,11H2;2*1H/t13-,14-;;/m0../s1. The van der Waals surface area contributed by atoms with Crippen LogP contribution in [0.1, 0.15) is 6.42 Å². The summed E-state index contributed by atoms with van der Waals surface area (Å²) in [6, 6.07) is 14.0. The SMILES string of the molecule is Cl.Cl.c1ccc(-c2ccncc2N2C[C@@H]3C[C@H]2CN3)cc1. The van der Waals surface area contributed by atoms with Crippen LogP contribution in [0.5, 0.6) is 0 Å². The molecule has 2 aromatic rings. The minimum atomic E-state index is 0. The molecule has 2 fully saturated rings. The number of piperazine rings is 1. The number of anilines is 1. The lowest BCUT2D eigenvalue weighted by Crippen LogP contribution is -2.43. The van der Waals surface area contributed by atoms with Crippen LogP contribution in [0.2, 0.25) is 0 Å². The molecule has 0 saturated carbocycles. The number of aromatic nitrogens is 1. The molecule has 0 radical (unpaired) electrons. The maximum Gasteiger partial charge on any atom is 0.0635 e. The van der Waals surface area contributed by atoms with E-state index in [1.54, 1.807) is 0 Å². The third-order valence-corrected chi connectivity index (χ3v) is 4.25. The fourth-order valence-corrected chi connectivity index (χ4v) is 3.33. The zero-order valence-corrected chi connectivity index (χ0v) is 13.2. The Hall–Kier alpha value is -1.29. The fourth-order valence-electron chi connectivity index (χ4n) is 3.33. The quantitative estimate of drug-likeness (QED) is 0.920. The van der Waals surface area contributed by atoms with E-state index in [2.05, 4.69) is 51.6 Å². The highest BCUT2D eigenvalue weighted by Gasteiger charge is 2.38. The maximum atomic E-state index is 4.34. The summed E-state index contributed by atoms with van der Waals surface area (Å²) >= 11 is 0. The first-order chi connectivity index (χ1) is 9.42. The first kappa shape index (κ1) is 16.1. The average Bonchev–Trinajstić information content (AvgIpc) is 3.11.